The molecular formula is C47H30N2. The van der Waals surface area contributed by atoms with Crippen molar-refractivity contribution in [3.05, 3.63) is 182 Å². The average Bonchev–Trinajstić information content (AvgIpc) is 3.57. The van der Waals surface area contributed by atoms with Crippen LogP contribution in [0.25, 0.3) is 93.5 Å². The van der Waals surface area contributed by atoms with Crippen LogP contribution in [0.1, 0.15) is 0 Å². The highest BCUT2D eigenvalue weighted by Crippen LogP contribution is 2.43. The van der Waals surface area contributed by atoms with Gasteiger partial charge in [-0.3, -0.25) is 4.57 Å². The van der Waals surface area contributed by atoms with Gasteiger partial charge in [-0.1, -0.05) is 152 Å². The first-order valence-corrected chi connectivity index (χ1v) is 16.8. The SMILES string of the molecule is c1ccc(-n2c(-c3ccc(-c4cccc5c4ccc4c(-c6cccc7ccccc67)c6ccccc6cc45)cc3)nc3ccccc32)cc1. The molecule has 0 unspecified atom stereocenters. The fraction of sp³-hybridized carbons (Fsp3) is 0. The molecule has 0 N–H and O–H groups in total. The van der Waals surface area contributed by atoms with Gasteiger partial charge in [-0.15, -0.1) is 0 Å². The highest BCUT2D eigenvalue weighted by atomic mass is 15.1. The van der Waals surface area contributed by atoms with Gasteiger partial charge in [-0.25, -0.2) is 4.98 Å². The van der Waals surface area contributed by atoms with E-state index in [1.807, 2.05) is 0 Å². The van der Waals surface area contributed by atoms with Crippen LogP contribution in [-0.2, 0) is 0 Å². The van der Waals surface area contributed by atoms with Crippen molar-refractivity contribution in [2.24, 2.45) is 0 Å². The van der Waals surface area contributed by atoms with E-state index in [0.717, 1.165) is 28.1 Å². The van der Waals surface area contributed by atoms with Gasteiger partial charge in [0.1, 0.15) is 5.82 Å². The van der Waals surface area contributed by atoms with Gasteiger partial charge in [0.2, 0.25) is 0 Å². The normalized spacial score (nSPS) is 11.7. The van der Waals surface area contributed by atoms with Gasteiger partial charge in [0, 0.05) is 11.3 Å². The molecule has 0 aliphatic rings. The van der Waals surface area contributed by atoms with E-state index in [-0.39, 0.29) is 0 Å². The van der Waals surface area contributed by atoms with E-state index in [0.29, 0.717) is 0 Å². The van der Waals surface area contributed by atoms with Crippen LogP contribution in [0.5, 0.6) is 0 Å². The molecule has 2 heteroatoms. The molecule has 0 saturated heterocycles. The summed E-state index contributed by atoms with van der Waals surface area (Å²) >= 11 is 0. The lowest BCUT2D eigenvalue weighted by Crippen LogP contribution is -1.97. The molecule has 9 aromatic carbocycles. The summed E-state index contributed by atoms with van der Waals surface area (Å²) in [4.78, 5) is 5.09. The maximum absolute atomic E-state index is 5.09. The quantitative estimate of drug-likeness (QED) is 0.141. The summed E-state index contributed by atoms with van der Waals surface area (Å²) in [5.74, 6) is 0.940. The average molecular weight is 623 g/mol. The molecule has 49 heavy (non-hydrogen) atoms. The molecular weight excluding hydrogens is 593 g/mol. The van der Waals surface area contributed by atoms with Gasteiger partial charge >= 0.3 is 0 Å². The van der Waals surface area contributed by atoms with Crippen molar-refractivity contribution < 1.29 is 0 Å². The molecule has 228 valence electrons. The standard InChI is InChI=1S/C47H30N2/c1-2-15-35(16-3-1)49-45-23-9-8-22-44(45)48-47(49)33-26-24-32(25-27-33)36-19-11-20-39-40(36)28-29-42-43(39)30-34-13-5-7-18-38(34)46(42)41-21-10-14-31-12-4-6-17-37(31)41/h1-30H. The van der Waals surface area contributed by atoms with Gasteiger partial charge in [0.25, 0.3) is 0 Å². The first-order valence-electron chi connectivity index (χ1n) is 16.8. The van der Waals surface area contributed by atoms with Gasteiger partial charge < -0.3 is 0 Å². The van der Waals surface area contributed by atoms with E-state index in [2.05, 4.69) is 187 Å². The second-order valence-corrected chi connectivity index (χ2v) is 12.7. The van der Waals surface area contributed by atoms with Crippen molar-refractivity contribution in [1.82, 2.24) is 9.55 Å². The minimum atomic E-state index is 0.940. The molecule has 0 bridgehead atoms. The van der Waals surface area contributed by atoms with Gasteiger partial charge in [0.05, 0.1) is 11.0 Å². The van der Waals surface area contributed by atoms with Crippen LogP contribution in [0.3, 0.4) is 0 Å². The molecule has 0 aliphatic carbocycles. The van der Waals surface area contributed by atoms with Crippen LogP contribution in [-0.4, -0.2) is 9.55 Å². The molecule has 1 heterocycles. The van der Waals surface area contributed by atoms with Crippen molar-refractivity contribution in [1.29, 1.82) is 0 Å². The van der Waals surface area contributed by atoms with Crippen LogP contribution in [0.4, 0.5) is 0 Å². The first kappa shape index (κ1) is 27.6. The Balaban J connectivity index is 1.15. The van der Waals surface area contributed by atoms with Crippen LogP contribution < -0.4 is 0 Å². The van der Waals surface area contributed by atoms with E-state index in [1.165, 1.54) is 65.3 Å². The maximum Gasteiger partial charge on any atom is 0.145 e. The number of fused-ring (bicyclic) bond motifs is 6. The number of nitrogens with zero attached hydrogens (tertiary/aromatic N) is 2. The molecule has 0 radical (unpaired) electrons. The number of para-hydroxylation sites is 3. The third kappa shape index (κ3) is 4.38. The molecule has 0 saturated carbocycles. The van der Waals surface area contributed by atoms with Gasteiger partial charge in [0.15, 0.2) is 0 Å². The Labute approximate surface area is 284 Å². The number of aromatic nitrogens is 2. The van der Waals surface area contributed by atoms with Gasteiger partial charge in [-0.05, 0) is 95.7 Å². The molecule has 0 atom stereocenters. The topological polar surface area (TPSA) is 17.8 Å². The van der Waals surface area contributed by atoms with E-state index in [1.54, 1.807) is 0 Å². The number of hydrogen-bond donors (Lipinski definition) is 0. The van der Waals surface area contributed by atoms with Crippen LogP contribution in [0.15, 0.2) is 182 Å². The Kier molecular flexibility index (Phi) is 6.22. The highest BCUT2D eigenvalue weighted by Gasteiger charge is 2.17. The molecule has 2 nitrogen and oxygen atoms in total. The summed E-state index contributed by atoms with van der Waals surface area (Å²) in [5, 5.41) is 10.1. The molecule has 10 aromatic rings. The summed E-state index contributed by atoms with van der Waals surface area (Å²) in [6.07, 6.45) is 0. The molecule has 0 aliphatic heterocycles. The zero-order valence-corrected chi connectivity index (χ0v) is 26.7. The fourth-order valence-electron chi connectivity index (χ4n) is 7.75. The fourth-order valence-corrected chi connectivity index (χ4v) is 7.75. The maximum atomic E-state index is 5.09. The van der Waals surface area contributed by atoms with Crippen molar-refractivity contribution in [3.63, 3.8) is 0 Å². The molecule has 10 rings (SSSR count). The van der Waals surface area contributed by atoms with Gasteiger partial charge in [-0.2, -0.15) is 0 Å². The number of imidazole rings is 1. The Morgan fingerprint density at radius 1 is 0.367 bits per heavy atom. The lowest BCUT2D eigenvalue weighted by atomic mass is 9.87. The van der Waals surface area contributed by atoms with Crippen LogP contribution >= 0.6 is 0 Å². The second-order valence-electron chi connectivity index (χ2n) is 12.7. The van der Waals surface area contributed by atoms with Crippen LogP contribution in [0, 0.1) is 0 Å². The monoisotopic (exact) mass is 622 g/mol. The largest absolute Gasteiger partial charge is 0.292 e. The highest BCUT2D eigenvalue weighted by molar-refractivity contribution is 6.23. The molecule has 0 spiro atoms. The van der Waals surface area contributed by atoms with Crippen molar-refractivity contribution >= 4 is 54.1 Å². The van der Waals surface area contributed by atoms with Crippen LogP contribution in [0.2, 0.25) is 0 Å². The summed E-state index contributed by atoms with van der Waals surface area (Å²) in [6.45, 7) is 0. The third-order valence-electron chi connectivity index (χ3n) is 9.99. The number of benzene rings is 9. The number of hydrogen-bond acceptors (Lipinski definition) is 1. The molecule has 1 aromatic heterocycles. The zero-order valence-electron chi connectivity index (χ0n) is 26.7. The van der Waals surface area contributed by atoms with Crippen molar-refractivity contribution in [3.8, 4) is 39.3 Å². The lowest BCUT2D eigenvalue weighted by Gasteiger charge is -2.17. The Bertz CT molecular complexity index is 2860. The number of rotatable bonds is 4. The van der Waals surface area contributed by atoms with E-state index in [9.17, 15) is 0 Å². The summed E-state index contributed by atoms with van der Waals surface area (Å²) in [5.41, 5.74) is 9.25. The molecule has 0 fully saturated rings. The molecule has 0 amide bonds. The summed E-state index contributed by atoms with van der Waals surface area (Å²) < 4.78 is 2.26. The predicted molar refractivity (Wildman–Crippen MR) is 207 cm³/mol. The second kappa shape index (κ2) is 11.0. The lowest BCUT2D eigenvalue weighted by molar-refractivity contribution is 1.10. The smallest absolute Gasteiger partial charge is 0.145 e. The van der Waals surface area contributed by atoms with E-state index in [4.69, 9.17) is 4.98 Å². The Morgan fingerprint density at radius 3 is 1.88 bits per heavy atom. The third-order valence-corrected chi connectivity index (χ3v) is 9.99. The minimum Gasteiger partial charge on any atom is -0.292 e. The Morgan fingerprint density at radius 2 is 1.00 bits per heavy atom. The van der Waals surface area contributed by atoms with E-state index < -0.39 is 0 Å². The van der Waals surface area contributed by atoms with Crippen molar-refractivity contribution in [2.45, 2.75) is 0 Å². The summed E-state index contributed by atoms with van der Waals surface area (Å²) in [7, 11) is 0. The van der Waals surface area contributed by atoms with E-state index >= 15 is 0 Å². The first-order chi connectivity index (χ1) is 24.3. The Hall–Kier alpha value is -6.51. The zero-order chi connectivity index (χ0) is 32.3. The predicted octanol–water partition coefficient (Wildman–Crippen LogP) is 12.6. The summed E-state index contributed by atoms with van der Waals surface area (Å²) in [6, 6.07) is 65.7. The minimum absolute atomic E-state index is 0.940. The van der Waals surface area contributed by atoms with Crippen molar-refractivity contribution in [2.75, 3.05) is 0 Å².